The van der Waals surface area contributed by atoms with Crippen LogP contribution in [0.2, 0.25) is 10.0 Å². The molecule has 0 aliphatic heterocycles. The monoisotopic (exact) mass is 453 g/mol. The number of anilines is 1. The molecule has 0 aliphatic carbocycles. The summed E-state index contributed by atoms with van der Waals surface area (Å²) in [5, 5.41) is 20.0. The van der Waals surface area contributed by atoms with Crippen LogP contribution in [0.3, 0.4) is 0 Å². The topological polar surface area (TPSA) is 86.6 Å². The van der Waals surface area contributed by atoms with E-state index in [0.717, 1.165) is 11.8 Å². The van der Waals surface area contributed by atoms with Crippen molar-refractivity contribution in [1.82, 2.24) is 0 Å². The summed E-state index contributed by atoms with van der Waals surface area (Å²) < 4.78 is 38.2. The summed E-state index contributed by atoms with van der Waals surface area (Å²) in [6.07, 6.45) is -5.18. The zero-order chi connectivity index (χ0) is 21.3. The molecule has 11 heteroatoms. The molecule has 1 amide bonds. The van der Waals surface area contributed by atoms with Gasteiger partial charge in [0.2, 0.25) is 5.60 Å². The molecule has 2 rings (SSSR count). The molecule has 1 unspecified atom stereocenters. The van der Waals surface area contributed by atoms with Gasteiger partial charge in [-0.3, -0.25) is 4.79 Å². The molecule has 0 heterocycles. The number of carbonyl (C=O) groups excluding carboxylic acids is 1. The zero-order valence-corrected chi connectivity index (χ0v) is 16.3. The number of aliphatic hydroxyl groups is 1. The first kappa shape index (κ1) is 22.4. The average molecular weight is 454 g/mol. The van der Waals surface area contributed by atoms with Crippen molar-refractivity contribution in [1.29, 1.82) is 0 Å². The molecule has 0 aliphatic rings. The minimum atomic E-state index is -5.18. The summed E-state index contributed by atoms with van der Waals surface area (Å²) in [6.45, 7) is 0.322. The Kier molecular flexibility index (Phi) is 6.55. The van der Waals surface area contributed by atoms with Gasteiger partial charge >= 0.3 is 12.1 Å². The summed E-state index contributed by atoms with van der Waals surface area (Å²) >= 11 is 13.3. The fraction of sp³-hybridized carbons (Fsp3) is 0.176. The van der Waals surface area contributed by atoms with Crippen LogP contribution in [0.15, 0.2) is 46.2 Å². The Labute approximate surface area is 171 Å². The second-order valence-electron chi connectivity index (χ2n) is 5.69. The van der Waals surface area contributed by atoms with Crippen LogP contribution >= 0.6 is 35.0 Å². The first-order valence-corrected chi connectivity index (χ1v) is 9.01. The number of aromatic carboxylic acids is 1. The van der Waals surface area contributed by atoms with Crippen LogP contribution in [0.1, 0.15) is 17.3 Å². The van der Waals surface area contributed by atoms with Crippen molar-refractivity contribution < 1.29 is 33.0 Å². The standard InChI is InChI=1S/C17H12Cl2F3NO4S/c1-16(27,17(20,21)22)15(26)23-10-6-7-11(13(19)12(10)18)28-9-4-2-8(3-5-9)14(24)25/h2-7,27H,1H3,(H,23,26)(H,24,25). The summed E-state index contributed by atoms with van der Waals surface area (Å²) in [6, 6.07) is 8.56. The molecule has 0 aromatic heterocycles. The number of carbonyl (C=O) groups is 2. The van der Waals surface area contributed by atoms with Gasteiger partial charge < -0.3 is 15.5 Å². The number of rotatable bonds is 5. The Morgan fingerprint density at radius 1 is 1.04 bits per heavy atom. The van der Waals surface area contributed by atoms with Crippen molar-refractivity contribution >= 4 is 52.5 Å². The van der Waals surface area contributed by atoms with Crippen molar-refractivity contribution in [3.8, 4) is 0 Å². The van der Waals surface area contributed by atoms with Crippen LogP contribution in [-0.4, -0.2) is 33.9 Å². The summed E-state index contributed by atoms with van der Waals surface area (Å²) in [7, 11) is 0. The van der Waals surface area contributed by atoms with E-state index >= 15 is 0 Å². The van der Waals surface area contributed by atoms with E-state index in [-0.39, 0.29) is 21.3 Å². The molecule has 28 heavy (non-hydrogen) atoms. The minimum Gasteiger partial charge on any atom is -0.478 e. The molecule has 0 fully saturated rings. The first-order valence-electron chi connectivity index (χ1n) is 7.44. The van der Waals surface area contributed by atoms with Crippen molar-refractivity contribution in [2.24, 2.45) is 0 Å². The van der Waals surface area contributed by atoms with E-state index in [1.54, 1.807) is 12.1 Å². The zero-order valence-electron chi connectivity index (χ0n) is 14.0. The Hall–Kier alpha value is -1.94. The quantitative estimate of drug-likeness (QED) is 0.586. The lowest BCUT2D eigenvalue weighted by Crippen LogP contribution is -2.52. The molecule has 0 spiro atoms. The molecule has 0 saturated heterocycles. The first-order chi connectivity index (χ1) is 12.8. The van der Waals surface area contributed by atoms with Gasteiger partial charge in [0.25, 0.3) is 5.91 Å². The molecule has 5 nitrogen and oxygen atoms in total. The van der Waals surface area contributed by atoms with Crippen molar-refractivity contribution in [3.63, 3.8) is 0 Å². The Balaban J connectivity index is 2.23. The second-order valence-corrected chi connectivity index (χ2v) is 7.57. The van der Waals surface area contributed by atoms with Crippen molar-refractivity contribution in [2.45, 2.75) is 28.5 Å². The fourth-order valence-corrected chi connectivity index (χ4v) is 3.27. The van der Waals surface area contributed by atoms with Gasteiger partial charge in [0.05, 0.1) is 21.3 Å². The van der Waals surface area contributed by atoms with Crippen LogP contribution in [-0.2, 0) is 4.79 Å². The molecular formula is C17H12Cl2F3NO4S. The van der Waals surface area contributed by atoms with Gasteiger partial charge in [-0.05, 0) is 43.3 Å². The second kappa shape index (κ2) is 8.20. The average Bonchev–Trinajstić information content (AvgIpc) is 2.60. The molecule has 2 aromatic rings. The highest BCUT2D eigenvalue weighted by atomic mass is 35.5. The molecular weight excluding hydrogens is 442 g/mol. The number of alkyl halides is 3. The number of carboxylic acids is 1. The molecule has 0 bridgehead atoms. The third kappa shape index (κ3) is 4.72. The lowest BCUT2D eigenvalue weighted by molar-refractivity contribution is -0.242. The van der Waals surface area contributed by atoms with E-state index in [0.29, 0.717) is 16.7 Å². The highest BCUT2D eigenvalue weighted by molar-refractivity contribution is 7.99. The SMILES string of the molecule is CC(O)(C(=O)Nc1ccc(Sc2ccc(C(=O)O)cc2)c(Cl)c1Cl)C(F)(F)F. The highest BCUT2D eigenvalue weighted by Gasteiger charge is 2.55. The molecule has 0 saturated carbocycles. The molecule has 1 atom stereocenters. The largest absolute Gasteiger partial charge is 0.478 e. The maximum atomic E-state index is 12.7. The van der Waals surface area contributed by atoms with Crippen LogP contribution < -0.4 is 5.32 Å². The van der Waals surface area contributed by atoms with E-state index in [1.807, 2.05) is 5.32 Å². The Morgan fingerprint density at radius 2 is 1.61 bits per heavy atom. The number of amides is 1. The van der Waals surface area contributed by atoms with Gasteiger partial charge in [-0.15, -0.1) is 0 Å². The van der Waals surface area contributed by atoms with E-state index in [2.05, 4.69) is 0 Å². The molecule has 150 valence electrons. The number of benzene rings is 2. The van der Waals surface area contributed by atoms with Crippen LogP contribution in [0.4, 0.5) is 18.9 Å². The van der Waals surface area contributed by atoms with E-state index in [9.17, 15) is 27.9 Å². The van der Waals surface area contributed by atoms with E-state index in [4.69, 9.17) is 28.3 Å². The lowest BCUT2D eigenvalue weighted by atomic mass is 10.1. The normalized spacial score (nSPS) is 13.7. The third-order valence-electron chi connectivity index (χ3n) is 3.62. The van der Waals surface area contributed by atoms with Crippen LogP contribution in [0, 0.1) is 0 Å². The van der Waals surface area contributed by atoms with Gasteiger partial charge in [-0.1, -0.05) is 35.0 Å². The third-order valence-corrected chi connectivity index (χ3v) is 5.68. The fourth-order valence-electron chi connectivity index (χ4n) is 1.87. The Bertz CT molecular complexity index is 918. The van der Waals surface area contributed by atoms with Gasteiger partial charge in [-0.2, -0.15) is 13.2 Å². The molecule has 3 N–H and O–H groups in total. The summed E-state index contributed by atoms with van der Waals surface area (Å²) in [4.78, 5) is 23.7. The Morgan fingerprint density at radius 3 is 2.11 bits per heavy atom. The number of hydrogen-bond acceptors (Lipinski definition) is 4. The summed E-state index contributed by atoms with van der Waals surface area (Å²) in [5.74, 6) is -2.78. The van der Waals surface area contributed by atoms with Gasteiger partial charge in [-0.25, -0.2) is 4.79 Å². The maximum absolute atomic E-state index is 12.7. The molecule has 0 radical (unpaired) electrons. The predicted octanol–water partition coefficient (Wildman–Crippen LogP) is 5.09. The van der Waals surface area contributed by atoms with Crippen LogP contribution in [0.5, 0.6) is 0 Å². The highest BCUT2D eigenvalue weighted by Crippen LogP contribution is 2.41. The number of nitrogens with one attached hydrogen (secondary N) is 1. The lowest BCUT2D eigenvalue weighted by Gasteiger charge is -2.25. The minimum absolute atomic E-state index is 0.0292. The van der Waals surface area contributed by atoms with Crippen molar-refractivity contribution in [2.75, 3.05) is 5.32 Å². The summed E-state index contributed by atoms with van der Waals surface area (Å²) in [5.41, 5.74) is -3.71. The number of carboxylic acid groups (broad SMARTS) is 1. The van der Waals surface area contributed by atoms with Gasteiger partial charge in [0.15, 0.2) is 0 Å². The van der Waals surface area contributed by atoms with Crippen LogP contribution in [0.25, 0.3) is 0 Å². The number of hydrogen-bond donors (Lipinski definition) is 3. The van der Waals surface area contributed by atoms with Gasteiger partial charge in [0, 0.05) is 9.79 Å². The van der Waals surface area contributed by atoms with Crippen molar-refractivity contribution in [3.05, 3.63) is 52.0 Å². The van der Waals surface area contributed by atoms with Gasteiger partial charge in [0.1, 0.15) is 0 Å². The maximum Gasteiger partial charge on any atom is 0.426 e. The molecule has 2 aromatic carbocycles. The predicted molar refractivity (Wildman–Crippen MR) is 99.3 cm³/mol. The van der Waals surface area contributed by atoms with E-state index < -0.39 is 23.7 Å². The number of halogens is 5. The smallest absolute Gasteiger partial charge is 0.426 e. The van der Waals surface area contributed by atoms with E-state index in [1.165, 1.54) is 24.3 Å².